The molecule has 1 heterocycles. The van der Waals surface area contributed by atoms with Crippen molar-refractivity contribution in [1.29, 1.82) is 0 Å². The predicted octanol–water partition coefficient (Wildman–Crippen LogP) is 4.05. The molecule has 0 spiro atoms. The number of rotatable bonds is 5. The standard InChI is InChI=1S/C15H23BrN2O2S/c1-14(2,3)20-13(19)18-15(7-4-8-15)10-17-9-11-5-6-12(16)21-11/h5-6,17H,4,7-10H2,1-3H3,(H,18,19). The average Bonchev–Trinajstić information content (AvgIpc) is 2.69. The van der Waals surface area contributed by atoms with Gasteiger partial charge in [0.15, 0.2) is 0 Å². The monoisotopic (exact) mass is 374 g/mol. The molecule has 2 rings (SSSR count). The third kappa shape index (κ3) is 5.27. The molecule has 1 aromatic heterocycles. The minimum Gasteiger partial charge on any atom is -0.444 e. The summed E-state index contributed by atoms with van der Waals surface area (Å²) in [4.78, 5) is 13.2. The van der Waals surface area contributed by atoms with Crippen molar-refractivity contribution in [2.45, 2.75) is 57.7 Å². The number of halogens is 1. The lowest BCUT2D eigenvalue weighted by Gasteiger charge is -2.42. The van der Waals surface area contributed by atoms with E-state index in [1.165, 1.54) is 4.88 Å². The first kappa shape index (κ1) is 16.8. The molecule has 1 aromatic rings. The molecular formula is C15H23BrN2O2S. The van der Waals surface area contributed by atoms with Crippen LogP contribution in [-0.4, -0.2) is 23.8 Å². The second kappa shape index (κ2) is 6.67. The Morgan fingerprint density at radius 2 is 2.14 bits per heavy atom. The molecule has 0 saturated heterocycles. The summed E-state index contributed by atoms with van der Waals surface area (Å²) in [5, 5.41) is 6.49. The van der Waals surface area contributed by atoms with Crippen LogP contribution in [0.5, 0.6) is 0 Å². The van der Waals surface area contributed by atoms with Crippen LogP contribution >= 0.6 is 27.3 Å². The molecule has 2 N–H and O–H groups in total. The zero-order valence-corrected chi connectivity index (χ0v) is 15.2. The van der Waals surface area contributed by atoms with Crippen molar-refractivity contribution in [3.8, 4) is 0 Å². The van der Waals surface area contributed by atoms with E-state index in [-0.39, 0.29) is 11.6 Å². The molecule has 0 atom stereocenters. The van der Waals surface area contributed by atoms with Crippen LogP contribution in [0.4, 0.5) is 4.79 Å². The van der Waals surface area contributed by atoms with Crippen LogP contribution in [0.2, 0.25) is 0 Å². The number of nitrogens with one attached hydrogen (secondary N) is 2. The Hall–Kier alpha value is -0.590. The van der Waals surface area contributed by atoms with Gasteiger partial charge in [-0.1, -0.05) is 0 Å². The van der Waals surface area contributed by atoms with Gasteiger partial charge in [-0.3, -0.25) is 0 Å². The molecular weight excluding hydrogens is 352 g/mol. The van der Waals surface area contributed by atoms with E-state index in [4.69, 9.17) is 4.74 Å². The van der Waals surface area contributed by atoms with Crippen LogP contribution in [0.3, 0.4) is 0 Å². The highest BCUT2D eigenvalue weighted by molar-refractivity contribution is 9.11. The van der Waals surface area contributed by atoms with Crippen molar-refractivity contribution in [3.05, 3.63) is 20.8 Å². The van der Waals surface area contributed by atoms with E-state index in [0.29, 0.717) is 0 Å². The Morgan fingerprint density at radius 3 is 2.62 bits per heavy atom. The molecule has 0 radical (unpaired) electrons. The van der Waals surface area contributed by atoms with Gasteiger partial charge >= 0.3 is 6.09 Å². The summed E-state index contributed by atoms with van der Waals surface area (Å²) >= 11 is 5.19. The van der Waals surface area contributed by atoms with E-state index in [1.54, 1.807) is 11.3 Å². The Kier molecular flexibility index (Phi) is 5.33. The SMILES string of the molecule is CC(C)(C)OC(=O)NC1(CNCc2ccc(Br)s2)CCC1. The van der Waals surface area contributed by atoms with Crippen LogP contribution < -0.4 is 10.6 Å². The van der Waals surface area contributed by atoms with Crippen LogP contribution in [-0.2, 0) is 11.3 Å². The molecule has 21 heavy (non-hydrogen) atoms. The van der Waals surface area contributed by atoms with Gasteiger partial charge in [0.05, 0.1) is 9.33 Å². The lowest BCUT2D eigenvalue weighted by molar-refractivity contribution is 0.0382. The van der Waals surface area contributed by atoms with E-state index < -0.39 is 5.60 Å². The van der Waals surface area contributed by atoms with E-state index in [2.05, 4.69) is 38.7 Å². The van der Waals surface area contributed by atoms with Crippen LogP contribution in [0.25, 0.3) is 0 Å². The number of hydrogen-bond acceptors (Lipinski definition) is 4. The fourth-order valence-electron chi connectivity index (χ4n) is 2.34. The zero-order chi connectivity index (χ0) is 15.5. The normalized spacial score (nSPS) is 17.1. The summed E-state index contributed by atoms with van der Waals surface area (Å²) in [6.07, 6.45) is 2.85. The fraction of sp³-hybridized carbons (Fsp3) is 0.667. The molecule has 0 aromatic carbocycles. The highest BCUT2D eigenvalue weighted by atomic mass is 79.9. The minimum absolute atomic E-state index is 0.142. The third-order valence-electron chi connectivity index (χ3n) is 3.47. The minimum atomic E-state index is -0.453. The lowest BCUT2D eigenvalue weighted by Crippen LogP contribution is -2.59. The van der Waals surface area contributed by atoms with E-state index >= 15 is 0 Å². The number of amides is 1. The second-order valence-electron chi connectivity index (χ2n) is 6.57. The van der Waals surface area contributed by atoms with Gasteiger partial charge in [-0.25, -0.2) is 4.79 Å². The number of thiophene rings is 1. The number of carbonyl (C=O) groups excluding carboxylic acids is 1. The Bertz CT molecular complexity index is 492. The summed E-state index contributed by atoms with van der Waals surface area (Å²) < 4.78 is 6.50. The Labute approximate surface area is 138 Å². The fourth-order valence-corrected chi connectivity index (χ4v) is 3.79. The summed E-state index contributed by atoms with van der Waals surface area (Å²) in [6, 6.07) is 4.16. The van der Waals surface area contributed by atoms with Crippen molar-refractivity contribution in [2.75, 3.05) is 6.54 Å². The van der Waals surface area contributed by atoms with Crippen molar-refractivity contribution < 1.29 is 9.53 Å². The van der Waals surface area contributed by atoms with Crippen molar-refractivity contribution >= 4 is 33.4 Å². The van der Waals surface area contributed by atoms with Crippen molar-refractivity contribution in [1.82, 2.24) is 10.6 Å². The quantitative estimate of drug-likeness (QED) is 0.817. The van der Waals surface area contributed by atoms with Gasteiger partial charge in [-0.15, -0.1) is 11.3 Å². The van der Waals surface area contributed by atoms with Gasteiger partial charge in [0.1, 0.15) is 5.60 Å². The van der Waals surface area contributed by atoms with Gasteiger partial charge < -0.3 is 15.4 Å². The van der Waals surface area contributed by atoms with E-state index in [0.717, 1.165) is 36.1 Å². The maximum absolute atomic E-state index is 11.9. The molecule has 1 aliphatic rings. The highest BCUT2D eigenvalue weighted by Gasteiger charge is 2.39. The first-order valence-electron chi connectivity index (χ1n) is 7.24. The second-order valence-corrected chi connectivity index (χ2v) is 9.12. The highest BCUT2D eigenvalue weighted by Crippen LogP contribution is 2.32. The molecule has 1 fully saturated rings. The van der Waals surface area contributed by atoms with Gasteiger partial charge in [0, 0.05) is 18.0 Å². The third-order valence-corrected chi connectivity index (χ3v) is 5.09. The maximum Gasteiger partial charge on any atom is 0.408 e. The van der Waals surface area contributed by atoms with Crippen LogP contribution in [0, 0.1) is 0 Å². The lowest BCUT2D eigenvalue weighted by atomic mass is 9.76. The summed E-state index contributed by atoms with van der Waals surface area (Å²) in [5.41, 5.74) is -0.595. The molecule has 0 unspecified atom stereocenters. The van der Waals surface area contributed by atoms with E-state index in [9.17, 15) is 4.79 Å². The van der Waals surface area contributed by atoms with E-state index in [1.807, 2.05) is 20.8 Å². The van der Waals surface area contributed by atoms with Crippen molar-refractivity contribution in [3.63, 3.8) is 0 Å². The largest absolute Gasteiger partial charge is 0.444 e. The molecule has 1 saturated carbocycles. The van der Waals surface area contributed by atoms with Gasteiger partial charge in [0.25, 0.3) is 0 Å². The molecule has 1 aliphatic carbocycles. The first-order valence-corrected chi connectivity index (χ1v) is 8.85. The molecule has 118 valence electrons. The van der Waals surface area contributed by atoms with Crippen molar-refractivity contribution in [2.24, 2.45) is 0 Å². The molecule has 0 bridgehead atoms. The van der Waals surface area contributed by atoms with Gasteiger partial charge in [0.2, 0.25) is 0 Å². The Morgan fingerprint density at radius 1 is 1.43 bits per heavy atom. The predicted molar refractivity (Wildman–Crippen MR) is 89.7 cm³/mol. The number of carbonyl (C=O) groups is 1. The number of hydrogen-bond donors (Lipinski definition) is 2. The van der Waals surface area contributed by atoms with Gasteiger partial charge in [-0.2, -0.15) is 0 Å². The zero-order valence-electron chi connectivity index (χ0n) is 12.8. The maximum atomic E-state index is 11.9. The molecule has 6 heteroatoms. The average molecular weight is 375 g/mol. The van der Waals surface area contributed by atoms with Gasteiger partial charge in [-0.05, 0) is 68.1 Å². The topological polar surface area (TPSA) is 50.4 Å². The van der Waals surface area contributed by atoms with Crippen LogP contribution in [0.15, 0.2) is 15.9 Å². The smallest absolute Gasteiger partial charge is 0.408 e. The summed E-state index contributed by atoms with van der Waals surface area (Å²) in [7, 11) is 0. The number of ether oxygens (including phenoxy) is 1. The first-order chi connectivity index (χ1) is 9.78. The molecule has 4 nitrogen and oxygen atoms in total. The molecule has 0 aliphatic heterocycles. The molecule has 1 amide bonds. The Balaban J connectivity index is 1.80. The summed E-state index contributed by atoms with van der Waals surface area (Å²) in [5.74, 6) is 0. The number of alkyl carbamates (subject to hydrolysis) is 1. The van der Waals surface area contributed by atoms with Crippen LogP contribution in [0.1, 0.15) is 44.9 Å². The summed E-state index contributed by atoms with van der Waals surface area (Å²) in [6.45, 7) is 7.25.